The minimum absolute atomic E-state index is 0.0624. The van der Waals surface area contributed by atoms with Crippen LogP contribution in [0.1, 0.15) is 12.8 Å². The molecule has 1 aromatic heterocycles. The Morgan fingerprint density at radius 1 is 1.02 bits per heavy atom. The van der Waals surface area contributed by atoms with Crippen molar-refractivity contribution >= 4 is 41.1 Å². The molecular formula is C27H24F2N6O5. The summed E-state index contributed by atoms with van der Waals surface area (Å²) in [7, 11) is 0. The molecule has 206 valence electrons. The molecule has 2 aromatic carbocycles. The van der Waals surface area contributed by atoms with Gasteiger partial charge in [0.15, 0.2) is 11.6 Å². The number of anilines is 3. The van der Waals surface area contributed by atoms with Gasteiger partial charge >= 0.3 is 12.1 Å². The second kappa shape index (κ2) is 11.0. The molecule has 13 heteroatoms. The van der Waals surface area contributed by atoms with Crippen LogP contribution >= 0.6 is 0 Å². The Labute approximate surface area is 226 Å². The van der Waals surface area contributed by atoms with Crippen molar-refractivity contribution in [3.05, 3.63) is 72.4 Å². The number of nitrogens with zero attached hydrogens (tertiary/aromatic N) is 3. The van der Waals surface area contributed by atoms with Crippen LogP contribution in [0.15, 0.2) is 60.8 Å². The number of benzene rings is 2. The summed E-state index contributed by atoms with van der Waals surface area (Å²) in [4.78, 5) is 56.9. The molecule has 11 nitrogen and oxygen atoms in total. The molecule has 5 rings (SSSR count). The summed E-state index contributed by atoms with van der Waals surface area (Å²) in [5.74, 6) is -3.72. The first kappa shape index (κ1) is 26.5. The number of aromatic nitrogens is 1. The minimum Gasteiger partial charge on any atom is -0.454 e. The first-order chi connectivity index (χ1) is 19.2. The minimum atomic E-state index is -1.27. The van der Waals surface area contributed by atoms with Crippen molar-refractivity contribution < 1.29 is 32.7 Å². The third-order valence-electron chi connectivity index (χ3n) is 6.37. The smallest absolute Gasteiger partial charge is 0.331 e. The van der Waals surface area contributed by atoms with Gasteiger partial charge in [0.25, 0.3) is 0 Å². The average Bonchev–Trinajstić information content (AvgIpc) is 3.72. The fourth-order valence-electron chi connectivity index (χ4n) is 4.24. The van der Waals surface area contributed by atoms with Crippen molar-refractivity contribution in [2.45, 2.75) is 12.8 Å². The first-order valence-corrected chi connectivity index (χ1v) is 12.4. The van der Waals surface area contributed by atoms with Crippen LogP contribution in [0.5, 0.6) is 11.5 Å². The number of rotatable bonds is 8. The summed E-state index contributed by atoms with van der Waals surface area (Å²) in [6.45, 7) is 0.255. The second-order valence-electron chi connectivity index (χ2n) is 9.44. The number of nitrogens with two attached hydrogens (primary N) is 1. The average molecular weight is 551 g/mol. The van der Waals surface area contributed by atoms with Crippen LogP contribution in [-0.2, 0) is 9.59 Å². The van der Waals surface area contributed by atoms with Crippen LogP contribution < -0.4 is 26.0 Å². The Kier molecular flexibility index (Phi) is 7.27. The Balaban J connectivity index is 1.31. The maximum Gasteiger partial charge on any atom is 0.331 e. The van der Waals surface area contributed by atoms with E-state index in [1.54, 1.807) is 0 Å². The number of hydrogen-bond acceptors (Lipinski definition) is 6. The van der Waals surface area contributed by atoms with Crippen LogP contribution in [-0.4, -0.2) is 46.8 Å². The van der Waals surface area contributed by atoms with Gasteiger partial charge < -0.3 is 20.7 Å². The molecule has 6 amide bonds. The molecule has 1 unspecified atom stereocenters. The lowest BCUT2D eigenvalue weighted by atomic mass is 10.0. The number of carbonyl (C=O) groups excluding carboxylic acids is 4. The number of imide groups is 1. The summed E-state index contributed by atoms with van der Waals surface area (Å²) < 4.78 is 33.8. The first-order valence-electron chi connectivity index (χ1n) is 12.4. The Morgan fingerprint density at radius 3 is 2.45 bits per heavy atom. The molecule has 3 aromatic rings. The molecule has 1 saturated carbocycles. The molecule has 1 atom stereocenters. The van der Waals surface area contributed by atoms with Crippen LogP contribution in [0, 0.1) is 23.5 Å². The standard InChI is InChI=1S/C27H24F2N6O5/c28-16-3-6-18(7-4-16)35-25(37)20(14-34(27(35)39)13-15-1-2-15)24(36)32-17-5-8-22(21(29)11-17)40-19-9-10-31-23(12-19)33-26(30)38/h3-12,15,20H,1-2,13-14H2,(H,32,36)(H3,30,31,33,38). The van der Waals surface area contributed by atoms with E-state index in [1.807, 2.05) is 0 Å². The number of halogens is 2. The molecule has 2 aliphatic rings. The van der Waals surface area contributed by atoms with Gasteiger partial charge in [-0.2, -0.15) is 0 Å². The van der Waals surface area contributed by atoms with E-state index in [0.717, 1.165) is 35.9 Å². The van der Waals surface area contributed by atoms with Crippen molar-refractivity contribution in [1.29, 1.82) is 0 Å². The lowest BCUT2D eigenvalue weighted by molar-refractivity contribution is -0.132. The number of hydrogen-bond donors (Lipinski definition) is 3. The number of amides is 6. The van der Waals surface area contributed by atoms with Gasteiger partial charge in [-0.3, -0.25) is 14.9 Å². The van der Waals surface area contributed by atoms with E-state index in [2.05, 4.69) is 15.6 Å². The van der Waals surface area contributed by atoms with E-state index in [0.29, 0.717) is 12.5 Å². The number of pyridine rings is 1. The molecule has 0 spiro atoms. The van der Waals surface area contributed by atoms with Crippen LogP contribution in [0.25, 0.3) is 0 Å². The summed E-state index contributed by atoms with van der Waals surface area (Å²) in [5.41, 5.74) is 5.28. The van der Waals surface area contributed by atoms with Crippen molar-refractivity contribution in [1.82, 2.24) is 9.88 Å². The number of nitrogens with one attached hydrogen (secondary N) is 2. The number of ether oxygens (including phenoxy) is 1. The van der Waals surface area contributed by atoms with Gasteiger partial charge in [0.1, 0.15) is 23.3 Å². The van der Waals surface area contributed by atoms with Gasteiger partial charge in [-0.25, -0.2) is 28.3 Å². The van der Waals surface area contributed by atoms with E-state index in [-0.39, 0.29) is 35.2 Å². The largest absolute Gasteiger partial charge is 0.454 e. The van der Waals surface area contributed by atoms with Crippen molar-refractivity contribution in [2.24, 2.45) is 17.6 Å². The lowest BCUT2D eigenvalue weighted by Crippen LogP contribution is -2.60. The van der Waals surface area contributed by atoms with Crippen LogP contribution in [0.2, 0.25) is 0 Å². The molecule has 0 bridgehead atoms. The highest BCUT2D eigenvalue weighted by Gasteiger charge is 2.45. The molecular weight excluding hydrogens is 526 g/mol. The summed E-state index contributed by atoms with van der Waals surface area (Å²) in [6.07, 6.45) is 3.23. The summed E-state index contributed by atoms with van der Waals surface area (Å²) in [5, 5.41) is 4.82. The van der Waals surface area contributed by atoms with Gasteiger partial charge in [0.05, 0.1) is 5.69 Å². The highest BCUT2D eigenvalue weighted by atomic mass is 19.1. The van der Waals surface area contributed by atoms with Crippen LogP contribution in [0.4, 0.5) is 35.6 Å². The SMILES string of the molecule is NC(=O)Nc1cc(Oc2ccc(NC(=O)C3CN(CC4CC4)C(=O)N(c4ccc(F)cc4)C3=O)cc2F)ccn1. The molecule has 40 heavy (non-hydrogen) atoms. The predicted octanol–water partition coefficient (Wildman–Crippen LogP) is 4.08. The normalized spacial score (nSPS) is 17.0. The third kappa shape index (κ3) is 5.98. The van der Waals surface area contributed by atoms with Gasteiger partial charge in [0, 0.05) is 37.1 Å². The third-order valence-corrected chi connectivity index (χ3v) is 6.37. The monoisotopic (exact) mass is 550 g/mol. The molecule has 1 saturated heterocycles. The van der Waals surface area contributed by atoms with E-state index < -0.39 is 41.4 Å². The summed E-state index contributed by atoms with van der Waals surface area (Å²) in [6, 6.07) is 9.91. The van der Waals surface area contributed by atoms with E-state index in [9.17, 15) is 28.0 Å². The zero-order valence-corrected chi connectivity index (χ0v) is 21.0. The highest BCUT2D eigenvalue weighted by molar-refractivity contribution is 6.23. The van der Waals surface area contributed by atoms with Crippen molar-refractivity contribution in [3.8, 4) is 11.5 Å². The maximum absolute atomic E-state index is 14.9. The quantitative estimate of drug-likeness (QED) is 0.360. The maximum atomic E-state index is 14.9. The number of primary amides is 1. The van der Waals surface area contributed by atoms with E-state index in [4.69, 9.17) is 10.5 Å². The molecule has 0 radical (unpaired) electrons. The van der Waals surface area contributed by atoms with Gasteiger partial charge in [-0.15, -0.1) is 0 Å². The zero-order valence-electron chi connectivity index (χ0n) is 21.0. The number of carbonyl (C=O) groups is 4. The molecule has 4 N–H and O–H groups in total. The fourth-order valence-corrected chi connectivity index (χ4v) is 4.24. The second-order valence-corrected chi connectivity index (χ2v) is 9.44. The molecule has 2 heterocycles. The Bertz CT molecular complexity index is 1480. The summed E-state index contributed by atoms with van der Waals surface area (Å²) >= 11 is 0. The van der Waals surface area contributed by atoms with E-state index >= 15 is 0 Å². The Morgan fingerprint density at radius 2 is 1.77 bits per heavy atom. The Hall–Kier alpha value is -5.07. The van der Waals surface area contributed by atoms with Crippen molar-refractivity contribution in [2.75, 3.05) is 28.6 Å². The van der Waals surface area contributed by atoms with Gasteiger partial charge in [-0.1, -0.05) is 0 Å². The predicted molar refractivity (Wildman–Crippen MR) is 140 cm³/mol. The van der Waals surface area contributed by atoms with E-state index in [1.165, 1.54) is 47.5 Å². The topological polar surface area (TPSA) is 147 Å². The fraction of sp³-hybridized carbons (Fsp3) is 0.222. The van der Waals surface area contributed by atoms with Crippen molar-refractivity contribution in [3.63, 3.8) is 0 Å². The van der Waals surface area contributed by atoms with Gasteiger partial charge in [0.2, 0.25) is 11.8 Å². The lowest BCUT2D eigenvalue weighted by Gasteiger charge is -2.38. The highest BCUT2D eigenvalue weighted by Crippen LogP contribution is 2.33. The molecule has 1 aliphatic heterocycles. The van der Waals surface area contributed by atoms with Gasteiger partial charge in [-0.05, 0) is 61.2 Å². The van der Waals surface area contributed by atoms with Crippen LogP contribution in [0.3, 0.4) is 0 Å². The molecule has 1 aliphatic carbocycles. The molecule has 2 fully saturated rings. The number of urea groups is 2. The zero-order chi connectivity index (χ0) is 28.4.